The van der Waals surface area contributed by atoms with E-state index < -0.39 is 0 Å². The van der Waals surface area contributed by atoms with E-state index in [1.807, 2.05) is 11.3 Å². The summed E-state index contributed by atoms with van der Waals surface area (Å²) < 4.78 is 1.48. The van der Waals surface area contributed by atoms with Crippen LogP contribution in [0.5, 0.6) is 0 Å². The molecule has 3 atom stereocenters. The smallest absolute Gasteiger partial charge is 0.0601 e. The molecule has 3 heteroatoms. The molecular weight excluding hydrogens is 282 g/mol. The summed E-state index contributed by atoms with van der Waals surface area (Å²) in [7, 11) is 0. The molecule has 1 aromatic heterocycles. The first-order valence-corrected chi connectivity index (χ1v) is 9.76. The molecule has 0 spiro atoms. The molecule has 0 bridgehead atoms. The fourth-order valence-corrected chi connectivity index (χ4v) is 5.62. The van der Waals surface area contributed by atoms with Gasteiger partial charge in [-0.25, -0.2) is 0 Å². The van der Waals surface area contributed by atoms with E-state index >= 15 is 0 Å². The zero-order chi connectivity index (χ0) is 14.6. The van der Waals surface area contributed by atoms with Gasteiger partial charge in [0.2, 0.25) is 0 Å². The molecule has 1 N–H and O–H groups in total. The lowest BCUT2D eigenvalue weighted by molar-refractivity contribution is 0.141. The van der Waals surface area contributed by atoms with Crippen molar-refractivity contribution < 1.29 is 0 Å². The van der Waals surface area contributed by atoms with Crippen LogP contribution in [0.25, 0.3) is 0 Å². The predicted molar refractivity (Wildman–Crippen MR) is 92.8 cm³/mol. The van der Waals surface area contributed by atoms with E-state index in [4.69, 9.17) is 0 Å². The molecule has 0 amide bonds. The lowest BCUT2D eigenvalue weighted by atomic mass is 9.68. The van der Waals surface area contributed by atoms with E-state index in [2.05, 4.69) is 62.3 Å². The Hall–Kier alpha value is 0.01000. The maximum Gasteiger partial charge on any atom is 0.0601 e. The van der Waals surface area contributed by atoms with E-state index in [0.29, 0.717) is 11.5 Å². The third-order valence-corrected chi connectivity index (χ3v) is 7.47. The summed E-state index contributed by atoms with van der Waals surface area (Å²) in [5, 5.41) is 6.65. The summed E-state index contributed by atoms with van der Waals surface area (Å²) in [6.07, 6.45) is 5.38. The first kappa shape index (κ1) is 16.4. The van der Waals surface area contributed by atoms with E-state index in [-0.39, 0.29) is 0 Å². The summed E-state index contributed by atoms with van der Waals surface area (Å²) in [6, 6.07) is 5.13. The van der Waals surface area contributed by atoms with Gasteiger partial charge in [0.05, 0.1) is 4.21 Å². The molecule has 3 unspecified atom stereocenters. The van der Waals surface area contributed by atoms with Crippen LogP contribution in [0.3, 0.4) is 0 Å². The van der Waals surface area contributed by atoms with Crippen LogP contribution in [0, 0.1) is 11.3 Å². The van der Waals surface area contributed by atoms with Gasteiger partial charge in [-0.1, -0.05) is 40.2 Å². The molecule has 1 nitrogen and oxygen atoms in total. The number of thioether (sulfide) groups is 1. The molecule has 20 heavy (non-hydrogen) atoms. The lowest BCUT2D eigenvalue weighted by Gasteiger charge is -2.43. The predicted octanol–water partition coefficient (Wildman–Crippen LogP) is 5.42. The van der Waals surface area contributed by atoms with Gasteiger partial charge in [-0.2, -0.15) is 0 Å². The molecule has 1 fully saturated rings. The van der Waals surface area contributed by atoms with Crippen molar-refractivity contribution in [3.8, 4) is 0 Å². The van der Waals surface area contributed by atoms with Crippen LogP contribution in [0.2, 0.25) is 0 Å². The van der Waals surface area contributed by atoms with Crippen LogP contribution < -0.4 is 5.32 Å². The van der Waals surface area contributed by atoms with Crippen LogP contribution >= 0.6 is 23.1 Å². The van der Waals surface area contributed by atoms with Gasteiger partial charge < -0.3 is 5.32 Å². The van der Waals surface area contributed by atoms with Crippen molar-refractivity contribution in [3.05, 3.63) is 17.5 Å². The Morgan fingerprint density at radius 2 is 2.15 bits per heavy atom. The normalized spacial score (nSPS) is 27.7. The van der Waals surface area contributed by atoms with E-state index in [1.165, 1.54) is 29.9 Å². The van der Waals surface area contributed by atoms with Gasteiger partial charge >= 0.3 is 0 Å². The second kappa shape index (κ2) is 7.33. The molecule has 1 aliphatic carbocycles. The number of nitrogens with one attached hydrogen (secondary N) is 1. The summed E-state index contributed by atoms with van der Waals surface area (Å²) >= 11 is 3.99. The SMILES string of the molecule is CCNC1CCC(C(C)(C)CC)CC1Sc1cccs1. The van der Waals surface area contributed by atoms with Crippen molar-refractivity contribution in [1.29, 1.82) is 0 Å². The molecule has 0 radical (unpaired) electrons. The third-order valence-electron chi connectivity index (χ3n) is 5.04. The second-order valence-corrected chi connectivity index (χ2v) is 9.09. The van der Waals surface area contributed by atoms with Crippen LogP contribution in [0.15, 0.2) is 21.7 Å². The summed E-state index contributed by atoms with van der Waals surface area (Å²) in [5.74, 6) is 0.875. The Morgan fingerprint density at radius 3 is 2.75 bits per heavy atom. The van der Waals surface area contributed by atoms with Crippen LogP contribution in [0.4, 0.5) is 0 Å². The van der Waals surface area contributed by atoms with Crippen molar-refractivity contribution >= 4 is 23.1 Å². The monoisotopic (exact) mass is 311 g/mol. The Kier molecular flexibility index (Phi) is 6.00. The lowest BCUT2D eigenvalue weighted by Crippen LogP contribution is -2.45. The number of hydrogen-bond acceptors (Lipinski definition) is 3. The Morgan fingerprint density at radius 1 is 1.35 bits per heavy atom. The van der Waals surface area contributed by atoms with Crippen LogP contribution in [-0.2, 0) is 0 Å². The van der Waals surface area contributed by atoms with Crippen molar-refractivity contribution in [2.24, 2.45) is 11.3 Å². The molecule has 2 rings (SSSR count). The quantitative estimate of drug-likeness (QED) is 0.752. The van der Waals surface area contributed by atoms with Gasteiger partial charge in [-0.05, 0) is 48.6 Å². The van der Waals surface area contributed by atoms with Gasteiger partial charge in [0.15, 0.2) is 0 Å². The minimum atomic E-state index is 0.492. The van der Waals surface area contributed by atoms with Crippen LogP contribution in [0.1, 0.15) is 53.4 Å². The van der Waals surface area contributed by atoms with Gasteiger partial charge in [0.25, 0.3) is 0 Å². The third kappa shape index (κ3) is 4.02. The first-order valence-electron chi connectivity index (χ1n) is 8.00. The largest absolute Gasteiger partial charge is 0.313 e. The number of hydrogen-bond donors (Lipinski definition) is 1. The molecule has 1 aliphatic rings. The van der Waals surface area contributed by atoms with Crippen molar-refractivity contribution in [2.45, 2.75) is 68.9 Å². The van der Waals surface area contributed by atoms with Gasteiger partial charge in [-0.15, -0.1) is 23.1 Å². The van der Waals surface area contributed by atoms with Crippen LogP contribution in [-0.4, -0.2) is 17.8 Å². The number of thiophene rings is 1. The minimum absolute atomic E-state index is 0.492. The molecular formula is C17H29NS2. The Balaban J connectivity index is 2.05. The fraction of sp³-hybridized carbons (Fsp3) is 0.765. The second-order valence-electron chi connectivity index (χ2n) is 6.60. The topological polar surface area (TPSA) is 12.0 Å². The van der Waals surface area contributed by atoms with E-state index in [9.17, 15) is 0 Å². The highest BCUT2D eigenvalue weighted by Gasteiger charge is 2.37. The molecule has 0 aliphatic heterocycles. The van der Waals surface area contributed by atoms with Crippen molar-refractivity contribution in [1.82, 2.24) is 5.32 Å². The molecule has 1 heterocycles. The van der Waals surface area contributed by atoms with Gasteiger partial charge in [-0.3, -0.25) is 0 Å². The zero-order valence-electron chi connectivity index (χ0n) is 13.3. The fourth-order valence-electron chi connectivity index (χ4n) is 3.23. The average molecular weight is 312 g/mol. The Labute approximate surface area is 132 Å². The standard InChI is InChI=1S/C17H29NS2/c1-5-17(3,4)13-9-10-14(18-6-2)15(12-13)20-16-8-7-11-19-16/h7-8,11,13-15,18H,5-6,9-10,12H2,1-4H3. The van der Waals surface area contributed by atoms with Crippen molar-refractivity contribution in [3.63, 3.8) is 0 Å². The zero-order valence-corrected chi connectivity index (χ0v) is 14.9. The summed E-state index contributed by atoms with van der Waals surface area (Å²) in [4.78, 5) is 0. The highest BCUT2D eigenvalue weighted by atomic mass is 32.2. The van der Waals surface area contributed by atoms with E-state index in [0.717, 1.165) is 17.7 Å². The molecule has 0 saturated heterocycles. The first-order chi connectivity index (χ1) is 9.56. The minimum Gasteiger partial charge on any atom is -0.313 e. The summed E-state index contributed by atoms with van der Waals surface area (Å²) in [6.45, 7) is 10.6. The summed E-state index contributed by atoms with van der Waals surface area (Å²) in [5.41, 5.74) is 0.492. The maximum absolute atomic E-state index is 3.72. The Bertz CT molecular complexity index is 386. The average Bonchev–Trinajstić information content (AvgIpc) is 2.94. The maximum atomic E-state index is 3.72. The molecule has 1 aromatic rings. The molecule has 1 saturated carbocycles. The highest BCUT2D eigenvalue weighted by Crippen LogP contribution is 2.45. The number of rotatable bonds is 6. The highest BCUT2D eigenvalue weighted by molar-refractivity contribution is 8.01. The van der Waals surface area contributed by atoms with Gasteiger partial charge in [0.1, 0.15) is 0 Å². The molecule has 114 valence electrons. The van der Waals surface area contributed by atoms with Crippen molar-refractivity contribution in [2.75, 3.05) is 6.54 Å². The van der Waals surface area contributed by atoms with E-state index in [1.54, 1.807) is 0 Å². The van der Waals surface area contributed by atoms with Gasteiger partial charge in [0, 0.05) is 11.3 Å². The molecule has 0 aromatic carbocycles.